The molecule has 1 fully saturated rings. The van der Waals surface area contributed by atoms with E-state index in [0.717, 1.165) is 32.7 Å². The molecule has 1 saturated heterocycles. The van der Waals surface area contributed by atoms with Gasteiger partial charge in [-0.1, -0.05) is 13.8 Å². The van der Waals surface area contributed by atoms with Crippen LogP contribution in [-0.2, 0) is 0 Å². The smallest absolute Gasteiger partial charge is 0.0504 e. The molecule has 1 N–H and O–H groups in total. The lowest BCUT2D eigenvalue weighted by Crippen LogP contribution is -2.47. The molecule has 0 aliphatic carbocycles. The monoisotopic (exact) mass is 235 g/mol. The molecule has 1 aliphatic rings. The van der Waals surface area contributed by atoms with E-state index in [-0.39, 0.29) is 17.8 Å². The molecule has 4 nitrogen and oxygen atoms in total. The first-order valence-corrected chi connectivity index (χ1v) is 5.13. The maximum absolute atomic E-state index is 8.52. The van der Waals surface area contributed by atoms with E-state index in [9.17, 15) is 0 Å². The maximum Gasteiger partial charge on any atom is 0.0504 e. The second-order valence-corrected chi connectivity index (χ2v) is 4.81. The van der Waals surface area contributed by atoms with Crippen LogP contribution in [0.25, 0.3) is 0 Å². The number of nitrogens with zero attached hydrogens (tertiary/aromatic N) is 3. The Morgan fingerprint density at radius 1 is 1.27 bits per heavy atom. The van der Waals surface area contributed by atoms with Crippen molar-refractivity contribution in [1.82, 2.24) is 9.80 Å². The molecular formula is C10H22ClN3O. The molecule has 0 aromatic rings. The van der Waals surface area contributed by atoms with E-state index in [2.05, 4.69) is 35.9 Å². The summed E-state index contributed by atoms with van der Waals surface area (Å²) in [5, 5.41) is 11.6. The van der Waals surface area contributed by atoms with Gasteiger partial charge < -0.3 is 10.1 Å². The quantitative estimate of drug-likeness (QED) is 0.453. The van der Waals surface area contributed by atoms with Crippen LogP contribution in [0.3, 0.4) is 0 Å². The Morgan fingerprint density at radius 2 is 1.80 bits per heavy atom. The SMILES string of the molecule is CN1CCN(CC(C)(C)C=NO)CC1.Cl. The van der Waals surface area contributed by atoms with Gasteiger partial charge in [0.1, 0.15) is 0 Å². The van der Waals surface area contributed by atoms with Crippen molar-refractivity contribution in [2.24, 2.45) is 10.6 Å². The minimum Gasteiger partial charge on any atom is -0.411 e. The fourth-order valence-corrected chi connectivity index (χ4v) is 1.78. The minimum atomic E-state index is -0.0370. The van der Waals surface area contributed by atoms with Crippen molar-refractivity contribution < 1.29 is 5.21 Å². The van der Waals surface area contributed by atoms with Crippen LogP contribution in [0.1, 0.15) is 13.8 Å². The van der Waals surface area contributed by atoms with Gasteiger partial charge in [-0.25, -0.2) is 0 Å². The molecule has 0 saturated carbocycles. The van der Waals surface area contributed by atoms with Crippen molar-refractivity contribution in [1.29, 1.82) is 0 Å². The number of halogens is 1. The zero-order valence-electron chi connectivity index (χ0n) is 9.81. The second kappa shape index (κ2) is 6.30. The molecule has 0 radical (unpaired) electrons. The van der Waals surface area contributed by atoms with Gasteiger partial charge in [-0.2, -0.15) is 0 Å². The highest BCUT2D eigenvalue weighted by Gasteiger charge is 2.22. The first-order valence-electron chi connectivity index (χ1n) is 5.13. The Morgan fingerprint density at radius 3 is 2.27 bits per heavy atom. The zero-order chi connectivity index (χ0) is 10.6. The van der Waals surface area contributed by atoms with Gasteiger partial charge in [0.25, 0.3) is 0 Å². The van der Waals surface area contributed by atoms with Crippen LogP contribution >= 0.6 is 12.4 Å². The molecule has 0 aromatic carbocycles. The largest absolute Gasteiger partial charge is 0.411 e. The summed E-state index contributed by atoms with van der Waals surface area (Å²) in [6, 6.07) is 0. The van der Waals surface area contributed by atoms with Crippen molar-refractivity contribution in [3.8, 4) is 0 Å². The van der Waals surface area contributed by atoms with Crippen molar-refractivity contribution >= 4 is 18.6 Å². The summed E-state index contributed by atoms with van der Waals surface area (Å²) in [5.41, 5.74) is -0.0370. The summed E-state index contributed by atoms with van der Waals surface area (Å²) in [7, 11) is 2.15. The highest BCUT2D eigenvalue weighted by Crippen LogP contribution is 2.15. The van der Waals surface area contributed by atoms with Gasteiger partial charge >= 0.3 is 0 Å². The average Bonchev–Trinajstić information content (AvgIpc) is 2.08. The van der Waals surface area contributed by atoms with Crippen LogP contribution in [-0.4, -0.2) is 61.0 Å². The first-order chi connectivity index (χ1) is 6.53. The molecule has 1 aliphatic heterocycles. The lowest BCUT2D eigenvalue weighted by molar-refractivity contribution is 0.131. The molecule has 1 rings (SSSR count). The topological polar surface area (TPSA) is 39.1 Å². The highest BCUT2D eigenvalue weighted by molar-refractivity contribution is 5.85. The summed E-state index contributed by atoms with van der Waals surface area (Å²) in [5.74, 6) is 0. The number of piperazine rings is 1. The summed E-state index contributed by atoms with van der Waals surface area (Å²) in [4.78, 5) is 4.76. The Bertz CT molecular complexity index is 201. The lowest BCUT2D eigenvalue weighted by Gasteiger charge is -2.36. The Labute approximate surface area is 98.3 Å². The van der Waals surface area contributed by atoms with E-state index < -0.39 is 0 Å². The third kappa shape index (κ3) is 5.35. The van der Waals surface area contributed by atoms with Crippen LogP contribution in [0.4, 0.5) is 0 Å². The standard InChI is InChI=1S/C10H21N3O.ClH/c1-10(2,8-11-14)9-13-6-4-12(3)5-7-13;/h8,14H,4-7,9H2,1-3H3;1H. The third-order valence-electron chi connectivity index (χ3n) is 2.63. The Kier molecular flexibility index (Phi) is 6.17. The molecule has 0 spiro atoms. The summed E-state index contributed by atoms with van der Waals surface area (Å²) >= 11 is 0. The van der Waals surface area contributed by atoms with Crippen LogP contribution in [0.2, 0.25) is 0 Å². The predicted octanol–water partition coefficient (Wildman–Crippen LogP) is 1.14. The van der Waals surface area contributed by atoms with E-state index in [0.29, 0.717) is 0 Å². The molecule has 90 valence electrons. The first kappa shape index (κ1) is 14.7. The van der Waals surface area contributed by atoms with Gasteiger partial charge in [0.15, 0.2) is 0 Å². The lowest BCUT2D eigenvalue weighted by atomic mass is 9.94. The summed E-state index contributed by atoms with van der Waals surface area (Å²) in [6.07, 6.45) is 1.62. The number of hydrogen-bond acceptors (Lipinski definition) is 4. The number of likely N-dealkylation sites (N-methyl/N-ethyl adjacent to an activating group) is 1. The van der Waals surface area contributed by atoms with Gasteiger partial charge in [-0.05, 0) is 7.05 Å². The molecule has 0 unspecified atom stereocenters. The molecule has 0 amide bonds. The molecule has 1 heterocycles. The van der Waals surface area contributed by atoms with Crippen molar-refractivity contribution in [2.45, 2.75) is 13.8 Å². The van der Waals surface area contributed by atoms with Gasteiger partial charge in [0.05, 0.1) is 6.21 Å². The van der Waals surface area contributed by atoms with Gasteiger partial charge in [-0.15, -0.1) is 17.6 Å². The molecule has 15 heavy (non-hydrogen) atoms. The normalized spacial score (nSPS) is 20.5. The van der Waals surface area contributed by atoms with E-state index in [4.69, 9.17) is 5.21 Å². The van der Waals surface area contributed by atoms with E-state index >= 15 is 0 Å². The second-order valence-electron chi connectivity index (χ2n) is 4.81. The van der Waals surface area contributed by atoms with Crippen molar-refractivity contribution in [3.63, 3.8) is 0 Å². The van der Waals surface area contributed by atoms with Crippen molar-refractivity contribution in [2.75, 3.05) is 39.8 Å². The predicted molar refractivity (Wildman–Crippen MR) is 65.2 cm³/mol. The van der Waals surface area contributed by atoms with Gasteiger partial charge in [-0.3, -0.25) is 4.90 Å². The Hall–Kier alpha value is -0.320. The highest BCUT2D eigenvalue weighted by atomic mass is 35.5. The minimum absolute atomic E-state index is 0. The van der Waals surface area contributed by atoms with Crippen LogP contribution < -0.4 is 0 Å². The van der Waals surface area contributed by atoms with E-state index in [1.54, 1.807) is 6.21 Å². The Balaban J connectivity index is 0.00000196. The number of oxime groups is 1. The zero-order valence-corrected chi connectivity index (χ0v) is 10.6. The van der Waals surface area contributed by atoms with E-state index in [1.165, 1.54) is 0 Å². The number of hydrogen-bond donors (Lipinski definition) is 1. The maximum atomic E-state index is 8.52. The average molecular weight is 236 g/mol. The van der Waals surface area contributed by atoms with Crippen LogP contribution in [0.15, 0.2) is 5.16 Å². The fourth-order valence-electron chi connectivity index (χ4n) is 1.78. The molecule has 5 heteroatoms. The van der Waals surface area contributed by atoms with Crippen LogP contribution in [0, 0.1) is 5.41 Å². The summed E-state index contributed by atoms with van der Waals surface area (Å²) in [6.45, 7) is 9.62. The third-order valence-corrected chi connectivity index (χ3v) is 2.63. The fraction of sp³-hybridized carbons (Fsp3) is 0.900. The summed E-state index contributed by atoms with van der Waals surface area (Å²) < 4.78 is 0. The molecule has 0 atom stereocenters. The van der Waals surface area contributed by atoms with E-state index in [1.807, 2.05) is 0 Å². The molecule has 0 aromatic heterocycles. The molecule has 0 bridgehead atoms. The number of rotatable bonds is 3. The van der Waals surface area contributed by atoms with Crippen molar-refractivity contribution in [3.05, 3.63) is 0 Å². The van der Waals surface area contributed by atoms with Gasteiger partial charge in [0, 0.05) is 38.1 Å². The van der Waals surface area contributed by atoms with Gasteiger partial charge in [0.2, 0.25) is 0 Å². The van der Waals surface area contributed by atoms with Crippen LogP contribution in [0.5, 0.6) is 0 Å². The molecular weight excluding hydrogens is 214 g/mol.